The maximum absolute atomic E-state index is 5.47. The molecule has 0 radical (unpaired) electrons. The molecule has 3 heteroatoms. The summed E-state index contributed by atoms with van der Waals surface area (Å²) >= 11 is 7.26. The van der Waals surface area contributed by atoms with E-state index in [9.17, 15) is 0 Å². The van der Waals surface area contributed by atoms with Crippen LogP contribution in [0.2, 0.25) is 0 Å². The molecule has 2 aromatic carbocycles. The van der Waals surface area contributed by atoms with Gasteiger partial charge in [0.1, 0.15) is 5.75 Å². The molecule has 1 atom stereocenters. The maximum atomic E-state index is 5.47. The Morgan fingerprint density at radius 1 is 1.00 bits per heavy atom. The van der Waals surface area contributed by atoms with Crippen LogP contribution in [0.4, 0.5) is 0 Å². The lowest BCUT2D eigenvalue weighted by molar-refractivity contribution is 0.410. The first-order valence-corrected chi connectivity index (χ1v) is 7.78. The van der Waals surface area contributed by atoms with Crippen molar-refractivity contribution in [3.63, 3.8) is 0 Å². The second-order valence-electron chi connectivity index (χ2n) is 4.61. The van der Waals surface area contributed by atoms with Crippen molar-refractivity contribution in [1.29, 1.82) is 0 Å². The van der Waals surface area contributed by atoms with Gasteiger partial charge in [0, 0.05) is 10.0 Å². The average Bonchev–Trinajstić information content (AvgIpc) is 2.37. The van der Waals surface area contributed by atoms with Gasteiger partial charge in [-0.15, -0.1) is 0 Å². The van der Waals surface area contributed by atoms with E-state index in [1.54, 1.807) is 7.11 Å². The summed E-state index contributed by atoms with van der Waals surface area (Å²) < 4.78 is 6.49. The number of alkyl halides is 1. The van der Waals surface area contributed by atoms with E-state index in [1.165, 1.54) is 16.7 Å². The van der Waals surface area contributed by atoms with Crippen molar-refractivity contribution >= 4 is 31.9 Å². The van der Waals surface area contributed by atoms with E-state index in [2.05, 4.69) is 70.0 Å². The van der Waals surface area contributed by atoms with Crippen LogP contribution in [-0.2, 0) is 0 Å². The fraction of sp³-hybridized carbons (Fsp3) is 0.250. The first-order chi connectivity index (χ1) is 9.02. The molecular weight excluding hydrogens is 368 g/mol. The molecule has 0 bridgehead atoms. The first-order valence-electron chi connectivity index (χ1n) is 6.07. The molecule has 2 aromatic rings. The van der Waals surface area contributed by atoms with Crippen LogP contribution in [0.5, 0.6) is 5.75 Å². The number of methoxy groups -OCH3 is 1. The molecular formula is C16H16Br2O. The molecule has 0 fully saturated rings. The zero-order valence-corrected chi connectivity index (χ0v) is 14.4. The molecule has 2 rings (SSSR count). The van der Waals surface area contributed by atoms with Crippen molar-refractivity contribution in [3.8, 4) is 5.75 Å². The number of benzene rings is 2. The van der Waals surface area contributed by atoms with Gasteiger partial charge in [0.05, 0.1) is 11.9 Å². The molecule has 19 heavy (non-hydrogen) atoms. The fourth-order valence-electron chi connectivity index (χ4n) is 2.17. The third-order valence-electron chi connectivity index (χ3n) is 3.17. The van der Waals surface area contributed by atoms with Crippen molar-refractivity contribution < 1.29 is 4.74 Å². The van der Waals surface area contributed by atoms with Crippen LogP contribution in [0.1, 0.15) is 27.1 Å². The van der Waals surface area contributed by atoms with Gasteiger partial charge in [0.25, 0.3) is 0 Å². The molecule has 0 aromatic heterocycles. The summed E-state index contributed by atoms with van der Waals surface area (Å²) in [6.45, 7) is 4.25. The van der Waals surface area contributed by atoms with Gasteiger partial charge in [-0.05, 0) is 37.1 Å². The van der Waals surface area contributed by atoms with E-state index >= 15 is 0 Å². The third-order valence-corrected chi connectivity index (χ3v) is 4.65. The Morgan fingerprint density at radius 3 is 2.32 bits per heavy atom. The van der Waals surface area contributed by atoms with E-state index in [0.717, 1.165) is 15.8 Å². The van der Waals surface area contributed by atoms with Crippen molar-refractivity contribution in [1.82, 2.24) is 0 Å². The van der Waals surface area contributed by atoms with Gasteiger partial charge in [-0.3, -0.25) is 0 Å². The van der Waals surface area contributed by atoms with Crippen LogP contribution < -0.4 is 4.74 Å². The summed E-state index contributed by atoms with van der Waals surface area (Å²) in [5.74, 6) is 0.885. The lowest BCUT2D eigenvalue weighted by Gasteiger charge is -2.17. The molecule has 0 spiro atoms. The molecule has 0 saturated carbocycles. The number of rotatable bonds is 3. The number of hydrogen-bond donors (Lipinski definition) is 0. The highest BCUT2D eigenvalue weighted by atomic mass is 79.9. The normalized spacial score (nSPS) is 12.3. The minimum Gasteiger partial charge on any atom is -0.496 e. The van der Waals surface area contributed by atoms with Gasteiger partial charge < -0.3 is 4.74 Å². The molecule has 0 aliphatic rings. The highest BCUT2D eigenvalue weighted by Crippen LogP contribution is 2.39. The minimum absolute atomic E-state index is 0.135. The first kappa shape index (κ1) is 14.6. The predicted octanol–water partition coefficient (Wildman–Crippen LogP) is 5.56. The smallest absolute Gasteiger partial charge is 0.124 e. The van der Waals surface area contributed by atoms with Crippen molar-refractivity contribution in [2.45, 2.75) is 18.7 Å². The number of hydrogen-bond acceptors (Lipinski definition) is 1. The molecule has 0 amide bonds. The Morgan fingerprint density at radius 2 is 1.68 bits per heavy atom. The van der Waals surface area contributed by atoms with Crippen LogP contribution in [0.3, 0.4) is 0 Å². The van der Waals surface area contributed by atoms with Gasteiger partial charge in [-0.2, -0.15) is 0 Å². The minimum atomic E-state index is 0.135. The quantitative estimate of drug-likeness (QED) is 0.630. The molecule has 0 aliphatic heterocycles. The van der Waals surface area contributed by atoms with Gasteiger partial charge in [0.2, 0.25) is 0 Å². The highest BCUT2D eigenvalue weighted by molar-refractivity contribution is 9.10. The second kappa shape index (κ2) is 6.10. The predicted molar refractivity (Wildman–Crippen MR) is 87.4 cm³/mol. The van der Waals surface area contributed by atoms with E-state index in [1.807, 2.05) is 12.1 Å². The standard InChI is InChI=1S/C16H16Br2O/c1-10-4-6-13(11(2)8-10)16(18)14-7-5-12(17)9-15(14)19-3/h4-9,16H,1-3H3. The van der Waals surface area contributed by atoms with Crippen LogP contribution in [0, 0.1) is 13.8 Å². The summed E-state index contributed by atoms with van der Waals surface area (Å²) in [6, 6.07) is 12.6. The largest absolute Gasteiger partial charge is 0.496 e. The Bertz CT molecular complexity index is 593. The second-order valence-corrected chi connectivity index (χ2v) is 6.44. The molecule has 1 nitrogen and oxygen atoms in total. The molecule has 0 heterocycles. The SMILES string of the molecule is COc1cc(Br)ccc1C(Br)c1ccc(C)cc1C. The molecule has 1 unspecified atom stereocenters. The molecule has 0 saturated heterocycles. The lowest BCUT2D eigenvalue weighted by atomic mass is 9.98. The summed E-state index contributed by atoms with van der Waals surface area (Å²) in [7, 11) is 1.70. The lowest BCUT2D eigenvalue weighted by Crippen LogP contribution is -1.99. The van der Waals surface area contributed by atoms with E-state index in [-0.39, 0.29) is 4.83 Å². The Kier molecular flexibility index (Phi) is 4.69. The molecule has 100 valence electrons. The summed E-state index contributed by atoms with van der Waals surface area (Å²) in [5, 5.41) is 0. The van der Waals surface area contributed by atoms with Crippen molar-refractivity contribution in [2.75, 3.05) is 7.11 Å². The molecule has 0 N–H and O–H groups in total. The number of ether oxygens (including phenoxy) is 1. The van der Waals surface area contributed by atoms with E-state index in [4.69, 9.17) is 4.74 Å². The Balaban J connectivity index is 2.46. The Labute approximate surface area is 131 Å². The summed E-state index contributed by atoms with van der Waals surface area (Å²) in [4.78, 5) is 0.135. The van der Waals surface area contributed by atoms with Gasteiger partial charge in [-0.1, -0.05) is 61.7 Å². The highest BCUT2D eigenvalue weighted by Gasteiger charge is 2.17. The zero-order chi connectivity index (χ0) is 14.0. The van der Waals surface area contributed by atoms with Crippen LogP contribution in [0.25, 0.3) is 0 Å². The van der Waals surface area contributed by atoms with Gasteiger partial charge in [0.15, 0.2) is 0 Å². The van der Waals surface area contributed by atoms with E-state index < -0.39 is 0 Å². The topological polar surface area (TPSA) is 9.23 Å². The van der Waals surface area contributed by atoms with Crippen LogP contribution in [0.15, 0.2) is 40.9 Å². The summed E-state index contributed by atoms with van der Waals surface area (Å²) in [5.41, 5.74) is 4.97. The van der Waals surface area contributed by atoms with E-state index in [0.29, 0.717) is 0 Å². The van der Waals surface area contributed by atoms with Crippen molar-refractivity contribution in [3.05, 3.63) is 63.1 Å². The molecule has 0 aliphatic carbocycles. The van der Waals surface area contributed by atoms with Gasteiger partial charge >= 0.3 is 0 Å². The van der Waals surface area contributed by atoms with Crippen LogP contribution in [-0.4, -0.2) is 7.11 Å². The van der Waals surface area contributed by atoms with Crippen LogP contribution >= 0.6 is 31.9 Å². The van der Waals surface area contributed by atoms with Gasteiger partial charge in [-0.25, -0.2) is 0 Å². The third kappa shape index (κ3) is 3.21. The number of halogens is 2. The number of aryl methyl sites for hydroxylation is 2. The zero-order valence-electron chi connectivity index (χ0n) is 11.2. The monoisotopic (exact) mass is 382 g/mol. The fourth-order valence-corrected chi connectivity index (χ4v) is 3.40. The Hall–Kier alpha value is -0.800. The maximum Gasteiger partial charge on any atom is 0.124 e. The average molecular weight is 384 g/mol. The van der Waals surface area contributed by atoms with Crippen molar-refractivity contribution in [2.24, 2.45) is 0 Å². The summed E-state index contributed by atoms with van der Waals surface area (Å²) in [6.07, 6.45) is 0.